The quantitative estimate of drug-likeness (QED) is 0.350. The van der Waals surface area contributed by atoms with Crippen LogP contribution >= 0.6 is 11.3 Å². The van der Waals surface area contributed by atoms with Gasteiger partial charge in [-0.1, -0.05) is 53.8 Å². The molecule has 9 heteroatoms. The summed E-state index contributed by atoms with van der Waals surface area (Å²) in [5.74, 6) is -0.773. The molecule has 4 rings (SSSR count). The SMILES string of the molecule is Cc1cccc(NC(=O)N[C@H](Cc2ccccc2)C(=O)Nc2nnc(-c3ccc(F)cc3)s2)c1. The van der Waals surface area contributed by atoms with Crippen molar-refractivity contribution in [1.29, 1.82) is 0 Å². The highest BCUT2D eigenvalue weighted by Crippen LogP contribution is 2.26. The smallest absolute Gasteiger partial charge is 0.319 e. The molecule has 0 fully saturated rings. The minimum absolute atomic E-state index is 0.281. The van der Waals surface area contributed by atoms with Gasteiger partial charge in [0, 0.05) is 17.7 Å². The van der Waals surface area contributed by atoms with E-state index in [-0.39, 0.29) is 17.4 Å². The number of carbonyl (C=O) groups is 2. The number of benzene rings is 3. The number of amides is 3. The van der Waals surface area contributed by atoms with Gasteiger partial charge in [0.1, 0.15) is 16.9 Å². The monoisotopic (exact) mass is 475 g/mol. The van der Waals surface area contributed by atoms with Gasteiger partial charge in [-0.25, -0.2) is 9.18 Å². The number of anilines is 2. The molecule has 0 radical (unpaired) electrons. The molecule has 1 aromatic heterocycles. The fourth-order valence-corrected chi connectivity index (χ4v) is 4.03. The number of hydrogen-bond acceptors (Lipinski definition) is 5. The maximum atomic E-state index is 13.2. The normalized spacial score (nSPS) is 11.5. The molecule has 4 aromatic rings. The fourth-order valence-electron chi connectivity index (χ4n) is 3.28. The second kappa shape index (κ2) is 10.7. The molecule has 0 spiro atoms. The number of aromatic nitrogens is 2. The Morgan fingerprint density at radius 3 is 2.44 bits per heavy atom. The Morgan fingerprint density at radius 1 is 0.941 bits per heavy atom. The van der Waals surface area contributed by atoms with Crippen molar-refractivity contribution in [3.05, 3.63) is 95.8 Å². The van der Waals surface area contributed by atoms with Crippen molar-refractivity contribution >= 4 is 34.1 Å². The topological polar surface area (TPSA) is 96.0 Å². The lowest BCUT2D eigenvalue weighted by atomic mass is 10.1. The molecular weight excluding hydrogens is 453 g/mol. The van der Waals surface area contributed by atoms with Crippen LogP contribution in [0.25, 0.3) is 10.6 Å². The first-order valence-electron chi connectivity index (χ1n) is 10.5. The summed E-state index contributed by atoms with van der Waals surface area (Å²) >= 11 is 1.16. The molecule has 172 valence electrons. The summed E-state index contributed by atoms with van der Waals surface area (Å²) in [4.78, 5) is 25.7. The highest BCUT2D eigenvalue weighted by atomic mass is 32.1. The van der Waals surface area contributed by atoms with E-state index in [1.165, 1.54) is 12.1 Å². The number of carbonyl (C=O) groups excluding carboxylic acids is 2. The van der Waals surface area contributed by atoms with Crippen LogP contribution in [0, 0.1) is 12.7 Å². The van der Waals surface area contributed by atoms with Crippen LogP contribution in [-0.4, -0.2) is 28.2 Å². The summed E-state index contributed by atoms with van der Waals surface area (Å²) in [6.07, 6.45) is 0.289. The Bertz CT molecular complexity index is 1280. The largest absolute Gasteiger partial charge is 0.326 e. The molecule has 7 nitrogen and oxygen atoms in total. The lowest BCUT2D eigenvalue weighted by molar-refractivity contribution is -0.117. The van der Waals surface area contributed by atoms with Crippen molar-refractivity contribution < 1.29 is 14.0 Å². The minimum Gasteiger partial charge on any atom is -0.326 e. The molecule has 3 aromatic carbocycles. The van der Waals surface area contributed by atoms with Crippen molar-refractivity contribution in [2.24, 2.45) is 0 Å². The van der Waals surface area contributed by atoms with Crippen molar-refractivity contribution in [3.63, 3.8) is 0 Å². The Morgan fingerprint density at radius 2 is 1.71 bits per heavy atom. The van der Waals surface area contributed by atoms with E-state index >= 15 is 0 Å². The molecule has 0 bridgehead atoms. The number of aryl methyl sites for hydroxylation is 1. The zero-order chi connectivity index (χ0) is 23.9. The van der Waals surface area contributed by atoms with Gasteiger partial charge < -0.3 is 10.6 Å². The lowest BCUT2D eigenvalue weighted by Crippen LogP contribution is -2.46. The maximum Gasteiger partial charge on any atom is 0.319 e. The third kappa shape index (κ3) is 6.23. The molecule has 0 aliphatic heterocycles. The van der Waals surface area contributed by atoms with Gasteiger partial charge in [-0.2, -0.15) is 0 Å². The van der Waals surface area contributed by atoms with E-state index in [4.69, 9.17) is 0 Å². The highest BCUT2D eigenvalue weighted by Gasteiger charge is 2.23. The Hall–Kier alpha value is -4.11. The highest BCUT2D eigenvalue weighted by molar-refractivity contribution is 7.18. The zero-order valence-electron chi connectivity index (χ0n) is 18.3. The van der Waals surface area contributed by atoms with Crippen molar-refractivity contribution in [2.45, 2.75) is 19.4 Å². The predicted octanol–water partition coefficient (Wildman–Crippen LogP) is 5.02. The standard InChI is InChI=1S/C25H22FN5O2S/c1-16-6-5-9-20(14-16)27-24(33)28-21(15-17-7-3-2-4-8-17)22(32)29-25-31-30-23(34-25)18-10-12-19(26)13-11-18/h2-14,21H,15H2,1H3,(H2,27,28,33)(H,29,31,32)/t21-/m1/s1. The Kier molecular flexibility index (Phi) is 7.24. The van der Waals surface area contributed by atoms with E-state index in [1.54, 1.807) is 18.2 Å². The van der Waals surface area contributed by atoms with Gasteiger partial charge in [0.25, 0.3) is 0 Å². The second-order valence-electron chi connectivity index (χ2n) is 7.62. The first kappa shape index (κ1) is 23.1. The summed E-state index contributed by atoms with van der Waals surface area (Å²) in [7, 11) is 0. The number of urea groups is 1. The van der Waals surface area contributed by atoms with Gasteiger partial charge in [-0.05, 0) is 54.4 Å². The summed E-state index contributed by atoms with van der Waals surface area (Å²) < 4.78 is 13.2. The fraction of sp³-hybridized carbons (Fsp3) is 0.120. The van der Waals surface area contributed by atoms with Crippen LogP contribution in [-0.2, 0) is 11.2 Å². The van der Waals surface area contributed by atoms with Crippen LogP contribution < -0.4 is 16.0 Å². The van der Waals surface area contributed by atoms with E-state index < -0.39 is 18.0 Å². The Balaban J connectivity index is 1.47. The molecule has 1 heterocycles. The molecule has 0 saturated heterocycles. The van der Waals surface area contributed by atoms with Crippen LogP contribution in [0.1, 0.15) is 11.1 Å². The van der Waals surface area contributed by atoms with Gasteiger partial charge in [-0.15, -0.1) is 10.2 Å². The molecule has 34 heavy (non-hydrogen) atoms. The van der Waals surface area contributed by atoms with Crippen LogP contribution in [0.3, 0.4) is 0 Å². The molecule has 1 atom stereocenters. The minimum atomic E-state index is -0.856. The van der Waals surface area contributed by atoms with E-state index in [0.717, 1.165) is 22.5 Å². The van der Waals surface area contributed by atoms with E-state index in [9.17, 15) is 14.0 Å². The molecule has 0 unspecified atom stereocenters. The summed E-state index contributed by atoms with van der Waals surface area (Å²) in [6.45, 7) is 1.93. The molecule has 3 amide bonds. The van der Waals surface area contributed by atoms with Gasteiger partial charge in [0.15, 0.2) is 0 Å². The molecule has 3 N–H and O–H groups in total. The third-order valence-electron chi connectivity index (χ3n) is 4.93. The lowest BCUT2D eigenvalue weighted by Gasteiger charge is -2.18. The number of halogens is 1. The summed E-state index contributed by atoms with van der Waals surface area (Å²) in [5, 5.41) is 17.2. The summed E-state index contributed by atoms with van der Waals surface area (Å²) in [5.41, 5.74) is 3.22. The number of nitrogens with one attached hydrogen (secondary N) is 3. The van der Waals surface area contributed by atoms with Crippen LogP contribution in [0.2, 0.25) is 0 Å². The Labute approximate surface area is 200 Å². The molecule has 0 aliphatic rings. The first-order valence-corrected chi connectivity index (χ1v) is 11.4. The number of nitrogens with zero attached hydrogens (tertiary/aromatic N) is 2. The molecule has 0 aliphatic carbocycles. The average Bonchev–Trinajstić information content (AvgIpc) is 3.28. The van der Waals surface area contributed by atoms with Crippen molar-refractivity contribution in [3.8, 4) is 10.6 Å². The first-order chi connectivity index (χ1) is 16.5. The van der Waals surface area contributed by atoms with Gasteiger partial charge in [0.05, 0.1) is 0 Å². The molecule has 0 saturated carbocycles. The maximum absolute atomic E-state index is 13.2. The van der Waals surface area contributed by atoms with Gasteiger partial charge >= 0.3 is 6.03 Å². The van der Waals surface area contributed by atoms with E-state index in [1.807, 2.05) is 55.5 Å². The predicted molar refractivity (Wildman–Crippen MR) is 131 cm³/mol. The van der Waals surface area contributed by atoms with Crippen molar-refractivity contribution in [2.75, 3.05) is 10.6 Å². The van der Waals surface area contributed by atoms with Crippen molar-refractivity contribution in [1.82, 2.24) is 15.5 Å². The van der Waals surface area contributed by atoms with Gasteiger partial charge in [0.2, 0.25) is 11.0 Å². The van der Waals surface area contributed by atoms with Crippen LogP contribution in [0.4, 0.5) is 20.0 Å². The number of hydrogen-bond donors (Lipinski definition) is 3. The average molecular weight is 476 g/mol. The second-order valence-corrected chi connectivity index (χ2v) is 8.60. The van der Waals surface area contributed by atoms with E-state index in [0.29, 0.717) is 16.3 Å². The van der Waals surface area contributed by atoms with Gasteiger partial charge in [-0.3, -0.25) is 10.1 Å². The van der Waals surface area contributed by atoms with Crippen LogP contribution in [0.15, 0.2) is 78.9 Å². The van der Waals surface area contributed by atoms with Crippen LogP contribution in [0.5, 0.6) is 0 Å². The third-order valence-corrected chi connectivity index (χ3v) is 5.81. The zero-order valence-corrected chi connectivity index (χ0v) is 19.1. The summed E-state index contributed by atoms with van der Waals surface area (Å²) in [6, 6.07) is 21.3. The number of rotatable bonds is 7. The van der Waals surface area contributed by atoms with E-state index in [2.05, 4.69) is 26.1 Å². The molecular formula is C25H22FN5O2S.